The molecule has 0 radical (unpaired) electrons. The Balaban J connectivity index is 1.31. The molecular formula is C80H92N4O8S4. The van der Waals surface area contributed by atoms with E-state index in [0.29, 0.717) is 62.2 Å². The zero-order valence-corrected chi connectivity index (χ0v) is 61.5. The predicted octanol–water partition coefficient (Wildman–Crippen LogP) is 18.8. The van der Waals surface area contributed by atoms with Gasteiger partial charge in [-0.3, -0.25) is 19.2 Å². The lowest BCUT2D eigenvalue weighted by atomic mass is 9.87. The van der Waals surface area contributed by atoms with Crippen LogP contribution in [0.2, 0.25) is 0 Å². The average Bonchev–Trinajstić information content (AvgIpc) is 0.824. The van der Waals surface area contributed by atoms with E-state index in [2.05, 4.69) is 153 Å². The molecule has 4 atom stereocenters. The van der Waals surface area contributed by atoms with E-state index in [0.717, 1.165) is 44.5 Å². The Bertz CT molecular complexity index is 3430. The molecule has 0 spiro atoms. The van der Waals surface area contributed by atoms with Gasteiger partial charge >= 0.3 is 0 Å². The molecule has 0 saturated carbocycles. The number of benzene rings is 8. The molecule has 0 aliphatic carbocycles. The fraction of sp³-hybridized carbons (Fsp3) is 0.350. The first-order valence-corrected chi connectivity index (χ1v) is 36.0. The van der Waals surface area contributed by atoms with Crippen molar-refractivity contribution in [2.45, 2.75) is 196 Å². The second-order valence-electron chi connectivity index (χ2n) is 28.6. The van der Waals surface area contributed by atoms with E-state index in [4.69, 9.17) is 18.9 Å². The number of fused-ring (bicyclic) bond motifs is 8. The van der Waals surface area contributed by atoms with Crippen LogP contribution in [-0.4, -0.2) is 50.1 Å². The number of hydrogen-bond acceptors (Lipinski definition) is 12. The molecule has 8 aromatic rings. The number of ether oxygens (including phenoxy) is 4. The smallest absolute Gasteiger partial charge is 0.258 e. The van der Waals surface area contributed by atoms with Crippen molar-refractivity contribution in [2.75, 3.05) is 26.4 Å². The number of carbonyl (C=O) groups excluding carboxylic acids is 4. The normalized spacial score (nSPS) is 13.8. The van der Waals surface area contributed by atoms with Crippen LogP contribution < -0.4 is 40.2 Å². The summed E-state index contributed by atoms with van der Waals surface area (Å²) in [6.07, 6.45) is 0. The number of carbonyl (C=O) groups is 4. The van der Waals surface area contributed by atoms with Crippen LogP contribution in [0.25, 0.3) is 0 Å². The fourth-order valence-electron chi connectivity index (χ4n) is 10.7. The Morgan fingerprint density at radius 2 is 0.448 bits per heavy atom. The molecule has 8 aromatic carbocycles. The minimum Gasteiger partial charge on any atom is -0.481 e. The Hall–Kier alpha value is -7.76. The Labute approximate surface area is 585 Å². The predicted molar refractivity (Wildman–Crippen MR) is 391 cm³/mol. The first-order valence-electron chi connectivity index (χ1n) is 32.7. The largest absolute Gasteiger partial charge is 0.481 e. The molecule has 96 heavy (non-hydrogen) atoms. The molecule has 9 rings (SSSR count). The third-order valence-electron chi connectivity index (χ3n) is 16.5. The van der Waals surface area contributed by atoms with E-state index in [1.165, 1.54) is 47.0 Å². The van der Waals surface area contributed by atoms with Crippen LogP contribution in [0.15, 0.2) is 209 Å². The number of rotatable bonds is 20. The van der Waals surface area contributed by atoms with E-state index >= 15 is 0 Å². The van der Waals surface area contributed by atoms with Crippen LogP contribution in [0.3, 0.4) is 0 Å². The Morgan fingerprint density at radius 3 is 0.594 bits per heavy atom. The van der Waals surface area contributed by atoms with Gasteiger partial charge < -0.3 is 40.2 Å². The zero-order chi connectivity index (χ0) is 69.3. The number of hydrogen-bond donors (Lipinski definition) is 4. The number of nitrogens with one attached hydrogen (secondary N) is 4. The summed E-state index contributed by atoms with van der Waals surface area (Å²) >= 11 is 5.75. The zero-order valence-electron chi connectivity index (χ0n) is 58.2. The van der Waals surface area contributed by atoms with E-state index < -0.39 is 21.7 Å². The summed E-state index contributed by atoms with van der Waals surface area (Å²) in [5.41, 5.74) is 6.03. The lowest BCUT2D eigenvalue weighted by Crippen LogP contribution is -2.31. The van der Waals surface area contributed by atoms with Crippen molar-refractivity contribution in [3.8, 4) is 23.0 Å². The molecule has 1 heterocycles. The maximum atomic E-state index is 14.4. The summed E-state index contributed by atoms with van der Waals surface area (Å²) in [6.45, 7) is 32.5. The van der Waals surface area contributed by atoms with Gasteiger partial charge in [0.1, 0.15) is 23.0 Å². The quantitative estimate of drug-likeness (QED) is 0.0574. The monoisotopic (exact) mass is 1360 g/mol. The Morgan fingerprint density at radius 1 is 0.292 bits per heavy atom. The van der Waals surface area contributed by atoms with Crippen molar-refractivity contribution >= 4 is 70.7 Å². The molecule has 16 heteroatoms. The van der Waals surface area contributed by atoms with Crippen LogP contribution in [0.5, 0.6) is 23.0 Å². The minimum absolute atomic E-state index is 0.315. The third kappa shape index (κ3) is 19.3. The molecule has 4 N–H and O–H groups in total. The molecule has 504 valence electrons. The molecule has 1 aliphatic heterocycles. The first-order chi connectivity index (χ1) is 45.4. The van der Waals surface area contributed by atoms with Crippen LogP contribution in [0.1, 0.15) is 179 Å². The summed E-state index contributed by atoms with van der Waals surface area (Å²) in [6, 6.07) is 55.0. The summed E-state index contributed by atoms with van der Waals surface area (Å²) in [5, 5.41) is 12.7. The summed E-state index contributed by atoms with van der Waals surface area (Å²) < 4.78 is 28.1. The van der Waals surface area contributed by atoms with Crippen molar-refractivity contribution in [3.63, 3.8) is 0 Å². The Kier molecular flexibility index (Phi) is 23.6. The molecule has 0 aromatic heterocycles. The molecule has 1 aliphatic rings. The highest BCUT2D eigenvalue weighted by Gasteiger charge is 2.32. The fourth-order valence-corrected chi connectivity index (χ4v) is 15.5. The highest BCUT2D eigenvalue weighted by Crippen LogP contribution is 2.56. The van der Waals surface area contributed by atoms with Crippen LogP contribution in [0.4, 0.5) is 0 Å². The standard InChI is InChI=1S/C80H92N4O8S4/c1-49(53-29-21-17-22-30-53)81-69(85)45-89-73-61-37-57(77(5,6)7)38-62(73)94-64-40-59(79(11,12)13)42-66(75(64)91-47-71(87)83-51(3)55-33-25-19-26-34-55)96-68-44-60(80(14,15)16)43-67(76(68)92-48-72(88)84-52(4)56-35-27-20-28-36-56)95-65-41-58(78(8,9)10)39-63(93-61)74(65)90-46-70(86)82-50(2)54-31-23-18-24-32-54/h17-44,49-52H,45-48H2,1-16H3,(H,81,85)(H,82,86)(H,83,87)(H,84,88)/t49-,50-,51-,52-/m0/s1. The minimum atomic E-state index is -0.422. The van der Waals surface area contributed by atoms with Gasteiger partial charge in [-0.15, -0.1) is 0 Å². The van der Waals surface area contributed by atoms with Crippen molar-refractivity contribution in [3.05, 3.63) is 214 Å². The van der Waals surface area contributed by atoms with Gasteiger partial charge in [0.15, 0.2) is 26.4 Å². The molecule has 0 saturated heterocycles. The van der Waals surface area contributed by atoms with E-state index in [1.807, 2.05) is 149 Å². The van der Waals surface area contributed by atoms with E-state index in [9.17, 15) is 19.2 Å². The maximum absolute atomic E-state index is 14.4. The average molecular weight is 1370 g/mol. The lowest BCUT2D eigenvalue weighted by molar-refractivity contribution is -0.124. The molecule has 8 bridgehead atoms. The van der Waals surface area contributed by atoms with Gasteiger partial charge in [0.05, 0.1) is 63.3 Å². The van der Waals surface area contributed by atoms with Gasteiger partial charge in [-0.1, -0.05) is 251 Å². The van der Waals surface area contributed by atoms with Gasteiger partial charge in [-0.05, 0) is 142 Å². The molecule has 0 fully saturated rings. The molecule has 0 unspecified atom stereocenters. The van der Waals surface area contributed by atoms with Crippen molar-refractivity contribution in [1.82, 2.24) is 21.3 Å². The SMILES string of the molecule is C[C@H](NC(=O)COc1c2cc(C(C)(C)C)cc1Sc1cc(C(C)(C)C)cc(c1OCC(=O)N[C@@H](C)c1ccccc1)Sc1cc(C(C)(C)C)cc(c1OCC(=O)N[C@@H](C)c1ccccc1)Sc1cc(C(C)(C)C)cc(c1OCC(=O)N[C@@H](C)c1ccccc1)S2)c1ccccc1. The highest BCUT2D eigenvalue weighted by molar-refractivity contribution is 8.01. The lowest BCUT2D eigenvalue weighted by Gasteiger charge is -2.28. The third-order valence-corrected chi connectivity index (χ3v) is 20.7. The van der Waals surface area contributed by atoms with Gasteiger partial charge in [-0.25, -0.2) is 0 Å². The van der Waals surface area contributed by atoms with Crippen LogP contribution >= 0.6 is 47.0 Å². The highest BCUT2D eigenvalue weighted by atomic mass is 32.2. The van der Waals surface area contributed by atoms with Gasteiger partial charge in [-0.2, -0.15) is 0 Å². The molecule has 12 nitrogen and oxygen atoms in total. The van der Waals surface area contributed by atoms with Crippen molar-refractivity contribution in [2.24, 2.45) is 0 Å². The second kappa shape index (κ2) is 31.2. The second-order valence-corrected chi connectivity index (χ2v) is 32.9. The first kappa shape index (κ1) is 72.5. The summed E-state index contributed by atoms with van der Waals surface area (Å²) in [5.74, 6) is 0.475. The van der Waals surface area contributed by atoms with Gasteiger partial charge in [0.25, 0.3) is 23.6 Å². The van der Waals surface area contributed by atoms with Crippen molar-refractivity contribution in [1.29, 1.82) is 0 Å². The van der Waals surface area contributed by atoms with E-state index in [1.54, 1.807) is 0 Å². The van der Waals surface area contributed by atoms with Crippen LogP contribution in [0, 0.1) is 0 Å². The van der Waals surface area contributed by atoms with E-state index in [-0.39, 0.29) is 74.2 Å². The topological polar surface area (TPSA) is 153 Å². The summed E-state index contributed by atoms with van der Waals surface area (Å²) in [7, 11) is 0. The van der Waals surface area contributed by atoms with Crippen molar-refractivity contribution < 1.29 is 38.1 Å². The maximum Gasteiger partial charge on any atom is 0.258 e. The number of amides is 4. The van der Waals surface area contributed by atoms with Crippen LogP contribution in [-0.2, 0) is 40.8 Å². The van der Waals surface area contributed by atoms with Gasteiger partial charge in [0.2, 0.25) is 0 Å². The summed E-state index contributed by atoms with van der Waals surface area (Å²) in [4.78, 5) is 63.1. The van der Waals surface area contributed by atoms with Gasteiger partial charge in [0, 0.05) is 0 Å². The molecule has 4 amide bonds. The molecular weight excluding hydrogens is 1270 g/mol.